The monoisotopic (exact) mass is 847 g/mol. The van der Waals surface area contributed by atoms with Crippen molar-refractivity contribution in [3.8, 4) is 0 Å². The first kappa shape index (κ1) is 44.6. The van der Waals surface area contributed by atoms with Crippen LogP contribution in [0.3, 0.4) is 0 Å². The molecule has 6 unspecified atom stereocenters. The zero-order valence-electron chi connectivity index (χ0n) is 36.8. The molecule has 0 amide bonds. The number of aliphatic hydroxyl groups is 6. The largest absolute Gasteiger partial charge is 0.393 e. The van der Waals surface area contributed by atoms with E-state index in [1.165, 1.54) is 0 Å². The lowest BCUT2D eigenvalue weighted by Gasteiger charge is -2.63. The molecule has 0 aliphatic heterocycles. The third-order valence-corrected chi connectivity index (χ3v) is 21.4. The molecular weight excluding hydrogens is 769 g/mol. The molecule has 8 saturated carbocycles. The maximum Gasteiger partial charge on any atom is 0.320 e. The molecular formula is C48H78O10S. The van der Waals surface area contributed by atoms with Gasteiger partial charge >= 0.3 is 11.9 Å². The van der Waals surface area contributed by atoms with Crippen molar-refractivity contribution in [3.63, 3.8) is 0 Å². The topological polar surface area (TPSA) is 174 Å². The highest BCUT2D eigenvalue weighted by molar-refractivity contribution is 7.90. The summed E-state index contributed by atoms with van der Waals surface area (Å²) < 4.78 is 10.6. The molecule has 0 aromatic rings. The Morgan fingerprint density at radius 2 is 0.949 bits per heavy atom. The van der Waals surface area contributed by atoms with Gasteiger partial charge in [-0.2, -0.15) is 0 Å². The second kappa shape index (κ2) is 16.6. The summed E-state index contributed by atoms with van der Waals surface area (Å²) in [6.07, 6.45) is 10.9. The van der Waals surface area contributed by atoms with Gasteiger partial charge in [-0.05, 0) is 195 Å². The van der Waals surface area contributed by atoms with Crippen LogP contribution >= 0.6 is 12.3 Å². The van der Waals surface area contributed by atoms with E-state index in [0.29, 0.717) is 38.0 Å². The van der Waals surface area contributed by atoms with Crippen molar-refractivity contribution in [2.24, 2.45) is 92.7 Å². The highest BCUT2D eigenvalue weighted by Crippen LogP contribution is 2.70. The second-order valence-corrected chi connectivity index (χ2v) is 23.5. The maximum absolute atomic E-state index is 12.9. The van der Waals surface area contributed by atoms with Gasteiger partial charge in [0.25, 0.3) is 12.3 Å². The van der Waals surface area contributed by atoms with E-state index >= 15 is 0 Å². The summed E-state index contributed by atoms with van der Waals surface area (Å²) in [4.78, 5) is 25.8. The minimum Gasteiger partial charge on any atom is -0.393 e. The molecule has 6 N–H and O–H groups in total. The Labute approximate surface area is 358 Å². The average Bonchev–Trinajstić information content (AvgIpc) is 3.73. The highest BCUT2D eigenvalue weighted by atomic mass is 32.2. The fourth-order valence-corrected chi connectivity index (χ4v) is 17.9. The SMILES string of the molecule is C[C@H](CCC(=O)OSOC(=O)CC[C@@H](C)[C@H]1CCC2C3C(C[C@H](O)[C@@]21C)[C@@]1(C)CC[C@@H](O)C[C@H]1C[C@H]3O)[C@H]1CCC2C3C(C[C@H](O)[C@@]21C)[C@@]1(C)CC[C@@H](O)C[C@H]1C[C@H]3O. The molecule has 11 heteroatoms. The Kier molecular flexibility index (Phi) is 12.5. The Morgan fingerprint density at radius 3 is 1.34 bits per heavy atom. The minimum atomic E-state index is -0.477. The van der Waals surface area contributed by atoms with Crippen LogP contribution in [0.25, 0.3) is 0 Å². The summed E-state index contributed by atoms with van der Waals surface area (Å²) in [7, 11) is 0. The lowest BCUT2D eigenvalue weighted by molar-refractivity contribution is -0.207. The zero-order chi connectivity index (χ0) is 42.4. The Balaban J connectivity index is 0.785. The van der Waals surface area contributed by atoms with E-state index in [4.69, 9.17) is 8.37 Å². The Morgan fingerprint density at radius 1 is 0.559 bits per heavy atom. The van der Waals surface area contributed by atoms with Gasteiger partial charge in [-0.25, -0.2) is 0 Å². The molecule has 10 nitrogen and oxygen atoms in total. The normalized spacial score (nSPS) is 52.4. The molecule has 8 rings (SSSR count). The third-order valence-electron chi connectivity index (χ3n) is 20.9. The number of carbonyl (C=O) groups excluding carboxylic acids is 2. The highest BCUT2D eigenvalue weighted by Gasteiger charge is 2.67. The molecule has 0 saturated heterocycles. The van der Waals surface area contributed by atoms with Crippen molar-refractivity contribution < 1.29 is 48.6 Å². The Bertz CT molecular complexity index is 1440. The van der Waals surface area contributed by atoms with Crippen LogP contribution in [0.4, 0.5) is 0 Å². The lowest BCUT2D eigenvalue weighted by atomic mass is 9.43. The van der Waals surface area contributed by atoms with Gasteiger partial charge in [0.05, 0.1) is 36.6 Å². The first-order valence-corrected chi connectivity index (χ1v) is 24.7. The van der Waals surface area contributed by atoms with Crippen LogP contribution in [-0.2, 0) is 18.0 Å². The smallest absolute Gasteiger partial charge is 0.320 e. The predicted molar refractivity (Wildman–Crippen MR) is 225 cm³/mol. The molecule has 8 fully saturated rings. The number of hydrogen-bond donors (Lipinski definition) is 6. The van der Waals surface area contributed by atoms with Crippen LogP contribution in [0.2, 0.25) is 0 Å². The molecule has 8 aliphatic carbocycles. The first-order chi connectivity index (χ1) is 27.8. The molecule has 22 atom stereocenters. The summed E-state index contributed by atoms with van der Waals surface area (Å²) >= 11 is 0.450. The van der Waals surface area contributed by atoms with Gasteiger partial charge < -0.3 is 39.0 Å². The molecule has 59 heavy (non-hydrogen) atoms. The lowest BCUT2D eigenvalue weighted by Crippen LogP contribution is -2.62. The average molecular weight is 847 g/mol. The van der Waals surface area contributed by atoms with Crippen LogP contribution in [0.15, 0.2) is 0 Å². The summed E-state index contributed by atoms with van der Waals surface area (Å²) in [5.74, 6) is 1.72. The van der Waals surface area contributed by atoms with E-state index < -0.39 is 36.4 Å². The van der Waals surface area contributed by atoms with Gasteiger partial charge in [-0.3, -0.25) is 9.59 Å². The standard InChI is InChI=1S/C48H78O10S/c1-25(31-9-11-33-43-35(23-39(53)47(31,33)5)45(3)17-15-29(49)19-27(45)21-37(43)51)7-13-41(55)57-59-58-42(56)14-8-26(2)32-10-12-34-44-36(24-40(54)48(32,34)6)46(4)18-16-30(50)20-28(46)22-38(44)52/h25-40,43-44,49-54H,7-24H2,1-6H3/t25-,26-,27+,28+,29-,30-,31-,32-,33?,34?,35?,36?,37-,38-,39+,40+,43?,44?,45+,46+,47-,48-/m1/s1. The fraction of sp³-hybridized carbons (Fsp3) is 0.958. The van der Waals surface area contributed by atoms with E-state index in [9.17, 15) is 40.2 Å². The quantitative estimate of drug-likeness (QED) is 0.121. The molecule has 0 spiro atoms. The number of aliphatic hydroxyl groups excluding tert-OH is 6. The molecule has 0 radical (unpaired) electrons. The van der Waals surface area contributed by atoms with Crippen molar-refractivity contribution >= 4 is 24.3 Å². The zero-order valence-corrected chi connectivity index (χ0v) is 37.7. The van der Waals surface area contributed by atoms with E-state index in [1.807, 2.05) is 0 Å². The van der Waals surface area contributed by atoms with Crippen LogP contribution in [0.1, 0.15) is 157 Å². The number of rotatable bonds is 10. The molecule has 0 aromatic heterocycles. The van der Waals surface area contributed by atoms with E-state index in [-0.39, 0.29) is 118 Å². The van der Waals surface area contributed by atoms with E-state index in [1.54, 1.807) is 0 Å². The molecule has 0 aromatic carbocycles. The van der Waals surface area contributed by atoms with Gasteiger partial charge in [0, 0.05) is 12.8 Å². The van der Waals surface area contributed by atoms with Crippen molar-refractivity contribution in [3.05, 3.63) is 0 Å². The van der Waals surface area contributed by atoms with Crippen LogP contribution < -0.4 is 0 Å². The van der Waals surface area contributed by atoms with Gasteiger partial charge in [-0.1, -0.05) is 41.5 Å². The van der Waals surface area contributed by atoms with E-state index in [2.05, 4.69) is 41.5 Å². The van der Waals surface area contributed by atoms with Crippen LogP contribution in [-0.4, -0.2) is 79.2 Å². The van der Waals surface area contributed by atoms with Crippen LogP contribution in [0, 0.1) is 92.7 Å². The number of fused-ring (bicyclic) bond motifs is 10. The summed E-state index contributed by atoms with van der Waals surface area (Å²) in [6, 6.07) is 0. The third kappa shape index (κ3) is 7.38. The van der Waals surface area contributed by atoms with E-state index in [0.717, 1.165) is 77.0 Å². The molecule has 0 heterocycles. The van der Waals surface area contributed by atoms with Crippen molar-refractivity contribution in [1.29, 1.82) is 0 Å². The van der Waals surface area contributed by atoms with Crippen molar-refractivity contribution in [1.82, 2.24) is 0 Å². The molecule has 0 bridgehead atoms. The van der Waals surface area contributed by atoms with Gasteiger partial charge in [0.2, 0.25) is 0 Å². The number of hydrogen-bond acceptors (Lipinski definition) is 11. The minimum absolute atomic E-state index is 0.0321. The molecule has 336 valence electrons. The van der Waals surface area contributed by atoms with Gasteiger partial charge in [0.1, 0.15) is 0 Å². The van der Waals surface area contributed by atoms with Crippen LogP contribution in [0.5, 0.6) is 0 Å². The maximum atomic E-state index is 12.9. The van der Waals surface area contributed by atoms with Crippen molar-refractivity contribution in [2.75, 3.05) is 0 Å². The Hall–Kier alpha value is -0.950. The fourth-order valence-electron chi connectivity index (χ4n) is 17.5. The summed E-state index contributed by atoms with van der Waals surface area (Å²) in [5.41, 5.74) is -0.607. The summed E-state index contributed by atoms with van der Waals surface area (Å²) in [6.45, 7) is 13.5. The van der Waals surface area contributed by atoms with Gasteiger partial charge in [-0.15, -0.1) is 0 Å². The second-order valence-electron chi connectivity index (χ2n) is 23.1. The number of carbonyl (C=O) groups is 2. The van der Waals surface area contributed by atoms with Gasteiger partial charge in [0.15, 0.2) is 0 Å². The van der Waals surface area contributed by atoms with Crippen molar-refractivity contribution in [2.45, 2.75) is 194 Å². The predicted octanol–water partition coefficient (Wildman–Crippen LogP) is 7.39. The summed E-state index contributed by atoms with van der Waals surface area (Å²) in [5, 5.41) is 67.8. The first-order valence-electron chi connectivity index (χ1n) is 24.0. The molecule has 8 aliphatic rings.